The lowest BCUT2D eigenvalue weighted by molar-refractivity contribution is 1.12. The van der Waals surface area contributed by atoms with Crippen LogP contribution in [0.3, 0.4) is 0 Å². The fourth-order valence-corrected chi connectivity index (χ4v) is 7.43. The van der Waals surface area contributed by atoms with Crippen LogP contribution in [-0.2, 0) is 0 Å². The SMILES string of the molecule is c1ccc(-c2cc(-n3c4ccccc4c4cc(-c5ccc6c(c5)c5ccccc5n6-c5ccccc5)cnc43)cc(-c3ccccc3)n2)cc1. The largest absolute Gasteiger partial charge is 0.309 e. The monoisotopic (exact) mass is 638 g/mol. The van der Waals surface area contributed by atoms with Gasteiger partial charge in [-0.2, -0.15) is 0 Å². The number of para-hydroxylation sites is 3. The summed E-state index contributed by atoms with van der Waals surface area (Å²) in [5.41, 5.74) is 12.8. The molecule has 0 atom stereocenters. The predicted molar refractivity (Wildman–Crippen MR) is 207 cm³/mol. The molecule has 6 aromatic carbocycles. The summed E-state index contributed by atoms with van der Waals surface area (Å²) in [6.45, 7) is 0. The number of benzene rings is 6. The van der Waals surface area contributed by atoms with Crippen molar-refractivity contribution in [2.24, 2.45) is 0 Å². The highest BCUT2D eigenvalue weighted by molar-refractivity contribution is 6.12. The predicted octanol–water partition coefficient (Wildman–Crippen LogP) is 11.7. The second-order valence-electron chi connectivity index (χ2n) is 12.7. The zero-order valence-corrected chi connectivity index (χ0v) is 27.1. The number of pyridine rings is 2. The molecule has 10 rings (SSSR count). The smallest absolute Gasteiger partial charge is 0.145 e. The summed E-state index contributed by atoms with van der Waals surface area (Å²) in [6.07, 6.45) is 2.02. The van der Waals surface area contributed by atoms with Crippen molar-refractivity contribution >= 4 is 43.7 Å². The van der Waals surface area contributed by atoms with E-state index in [-0.39, 0.29) is 0 Å². The van der Waals surface area contributed by atoms with Crippen molar-refractivity contribution in [3.05, 3.63) is 182 Å². The highest BCUT2D eigenvalue weighted by Crippen LogP contribution is 2.38. The summed E-state index contributed by atoms with van der Waals surface area (Å²) in [7, 11) is 0. The fraction of sp³-hybridized carbons (Fsp3) is 0. The van der Waals surface area contributed by atoms with Crippen LogP contribution < -0.4 is 0 Å². The molecule has 0 aliphatic heterocycles. The Balaban J connectivity index is 1.17. The Bertz CT molecular complexity index is 2790. The summed E-state index contributed by atoms with van der Waals surface area (Å²) in [5, 5.41) is 4.74. The molecule has 0 saturated carbocycles. The molecule has 0 aliphatic carbocycles. The van der Waals surface area contributed by atoms with Gasteiger partial charge in [0.15, 0.2) is 0 Å². The molecule has 4 nitrogen and oxygen atoms in total. The van der Waals surface area contributed by atoms with Crippen molar-refractivity contribution < 1.29 is 0 Å². The molecule has 10 aromatic rings. The van der Waals surface area contributed by atoms with Crippen molar-refractivity contribution in [3.63, 3.8) is 0 Å². The van der Waals surface area contributed by atoms with Crippen LogP contribution in [0, 0.1) is 0 Å². The summed E-state index contributed by atoms with van der Waals surface area (Å²) >= 11 is 0. The minimum Gasteiger partial charge on any atom is -0.309 e. The fourth-order valence-electron chi connectivity index (χ4n) is 7.43. The number of rotatable bonds is 5. The van der Waals surface area contributed by atoms with Gasteiger partial charge in [-0.1, -0.05) is 121 Å². The third kappa shape index (κ3) is 4.54. The van der Waals surface area contributed by atoms with Gasteiger partial charge in [0, 0.05) is 50.1 Å². The van der Waals surface area contributed by atoms with Crippen LogP contribution in [0.1, 0.15) is 0 Å². The van der Waals surface area contributed by atoms with E-state index in [2.05, 4.69) is 173 Å². The molecule has 0 unspecified atom stereocenters. The zero-order chi connectivity index (χ0) is 33.0. The number of fused-ring (bicyclic) bond motifs is 6. The van der Waals surface area contributed by atoms with E-state index in [1.54, 1.807) is 0 Å². The van der Waals surface area contributed by atoms with Gasteiger partial charge in [-0.3, -0.25) is 4.57 Å². The van der Waals surface area contributed by atoms with E-state index in [4.69, 9.17) is 9.97 Å². The van der Waals surface area contributed by atoms with Crippen molar-refractivity contribution in [1.29, 1.82) is 0 Å². The maximum atomic E-state index is 5.21. The molecule has 0 spiro atoms. The number of nitrogens with zero attached hydrogens (tertiary/aromatic N) is 4. The Hall–Kier alpha value is -6.78. The highest BCUT2D eigenvalue weighted by Gasteiger charge is 2.18. The van der Waals surface area contributed by atoms with Crippen LogP contribution in [0.4, 0.5) is 0 Å². The van der Waals surface area contributed by atoms with Gasteiger partial charge in [-0.05, 0) is 60.2 Å². The van der Waals surface area contributed by atoms with Crippen LogP contribution in [0.5, 0.6) is 0 Å². The Morgan fingerprint density at radius 2 is 0.860 bits per heavy atom. The molecule has 50 heavy (non-hydrogen) atoms. The van der Waals surface area contributed by atoms with E-state index in [1.807, 2.05) is 18.3 Å². The highest BCUT2D eigenvalue weighted by atomic mass is 15.0. The second-order valence-corrected chi connectivity index (χ2v) is 12.7. The van der Waals surface area contributed by atoms with Gasteiger partial charge in [0.25, 0.3) is 0 Å². The molecule has 0 radical (unpaired) electrons. The molecule has 4 heteroatoms. The lowest BCUT2D eigenvalue weighted by atomic mass is 10.0. The van der Waals surface area contributed by atoms with Crippen molar-refractivity contribution in [2.75, 3.05) is 0 Å². The van der Waals surface area contributed by atoms with Crippen LogP contribution in [0.2, 0.25) is 0 Å². The van der Waals surface area contributed by atoms with Gasteiger partial charge >= 0.3 is 0 Å². The van der Waals surface area contributed by atoms with Crippen molar-refractivity contribution in [2.45, 2.75) is 0 Å². The zero-order valence-electron chi connectivity index (χ0n) is 27.1. The third-order valence-corrected chi connectivity index (χ3v) is 9.74. The summed E-state index contributed by atoms with van der Waals surface area (Å²) in [4.78, 5) is 10.3. The molecule has 234 valence electrons. The van der Waals surface area contributed by atoms with E-state index in [0.29, 0.717) is 0 Å². The van der Waals surface area contributed by atoms with E-state index < -0.39 is 0 Å². The molecule has 0 saturated heterocycles. The molecule has 0 bridgehead atoms. The van der Waals surface area contributed by atoms with Crippen molar-refractivity contribution in [1.82, 2.24) is 19.1 Å². The molecule has 4 aromatic heterocycles. The average molecular weight is 639 g/mol. The first-order valence-electron chi connectivity index (χ1n) is 16.9. The summed E-state index contributed by atoms with van der Waals surface area (Å²) in [6, 6.07) is 62.1. The van der Waals surface area contributed by atoms with Gasteiger partial charge < -0.3 is 4.57 Å². The molecule has 0 aliphatic rings. The summed E-state index contributed by atoms with van der Waals surface area (Å²) < 4.78 is 4.64. The maximum absolute atomic E-state index is 5.21. The van der Waals surface area contributed by atoms with E-state index in [1.165, 1.54) is 21.8 Å². The Kier molecular flexibility index (Phi) is 6.46. The standard InChI is InChI=1S/C46H30N4/c1-4-14-31(15-5-1)41-28-36(29-42(48-41)32-16-6-2-7-17-32)50-44-23-13-11-21-38(44)40-27-34(30-47-46(40)50)33-24-25-45-39(26-33)37-20-10-12-22-43(37)49(45)35-18-8-3-9-19-35/h1-30H. The quantitative estimate of drug-likeness (QED) is 0.188. The Morgan fingerprint density at radius 3 is 1.52 bits per heavy atom. The molecule has 4 heterocycles. The van der Waals surface area contributed by atoms with Crippen LogP contribution >= 0.6 is 0 Å². The maximum Gasteiger partial charge on any atom is 0.145 e. The van der Waals surface area contributed by atoms with Gasteiger partial charge in [-0.25, -0.2) is 9.97 Å². The topological polar surface area (TPSA) is 35.6 Å². The first-order valence-corrected chi connectivity index (χ1v) is 16.9. The van der Waals surface area contributed by atoms with E-state index >= 15 is 0 Å². The third-order valence-electron chi connectivity index (χ3n) is 9.74. The lowest BCUT2D eigenvalue weighted by Gasteiger charge is -2.13. The average Bonchev–Trinajstić information content (AvgIpc) is 3.71. The minimum atomic E-state index is 0.918. The molecule has 0 amide bonds. The molecular weight excluding hydrogens is 609 g/mol. The molecular formula is C46H30N4. The minimum absolute atomic E-state index is 0.918. The number of hydrogen-bond acceptors (Lipinski definition) is 2. The first kappa shape index (κ1) is 28.3. The van der Waals surface area contributed by atoms with Gasteiger partial charge in [0.05, 0.1) is 33.6 Å². The van der Waals surface area contributed by atoms with Crippen LogP contribution in [0.25, 0.3) is 88.8 Å². The molecule has 0 N–H and O–H groups in total. The van der Waals surface area contributed by atoms with Gasteiger partial charge in [0.2, 0.25) is 0 Å². The van der Waals surface area contributed by atoms with E-state index in [9.17, 15) is 0 Å². The normalized spacial score (nSPS) is 11.6. The Morgan fingerprint density at radius 1 is 0.340 bits per heavy atom. The Labute approximate surface area is 289 Å². The van der Waals surface area contributed by atoms with Gasteiger partial charge in [-0.15, -0.1) is 0 Å². The number of aromatic nitrogens is 4. The van der Waals surface area contributed by atoms with Gasteiger partial charge in [0.1, 0.15) is 5.65 Å². The summed E-state index contributed by atoms with van der Waals surface area (Å²) in [5.74, 6) is 0. The van der Waals surface area contributed by atoms with Crippen molar-refractivity contribution in [3.8, 4) is 45.0 Å². The number of hydrogen-bond donors (Lipinski definition) is 0. The molecule has 0 fully saturated rings. The first-order chi connectivity index (χ1) is 24.8. The van der Waals surface area contributed by atoms with Crippen LogP contribution in [0.15, 0.2) is 182 Å². The lowest BCUT2D eigenvalue weighted by Crippen LogP contribution is -1.99. The van der Waals surface area contributed by atoms with E-state index in [0.717, 1.165) is 67.0 Å². The van der Waals surface area contributed by atoms with Crippen LogP contribution in [-0.4, -0.2) is 19.1 Å². The second kappa shape index (κ2) is 11.4.